The fourth-order valence-corrected chi connectivity index (χ4v) is 4.91. The molecule has 0 bridgehead atoms. The topological polar surface area (TPSA) is 105 Å². The molecular weight excluding hydrogens is 394 g/mol. The Morgan fingerprint density at radius 2 is 1.97 bits per heavy atom. The Balaban J connectivity index is 2.14. The molecule has 0 spiro atoms. The number of hydrogen-bond acceptors (Lipinski definition) is 5. The van der Waals surface area contributed by atoms with Crippen molar-refractivity contribution in [3.05, 3.63) is 42.0 Å². The molecule has 156 valence electrons. The lowest BCUT2D eigenvalue weighted by Crippen LogP contribution is -2.39. The van der Waals surface area contributed by atoms with Gasteiger partial charge in [0, 0.05) is 20.6 Å². The van der Waals surface area contributed by atoms with E-state index in [9.17, 15) is 18.0 Å². The third-order valence-corrected chi connectivity index (χ3v) is 6.56. The number of para-hydroxylation sites is 1. The summed E-state index contributed by atoms with van der Waals surface area (Å²) in [4.78, 5) is 30.9. The SMILES string of the molecule is CNC(=O)CN1Cc2c(C(=O)N(C)CC(C)C)ncn2-c2ccccc2S1(=O)=O. The maximum atomic E-state index is 13.2. The number of hydrogen-bond donors (Lipinski definition) is 1. The molecule has 2 amide bonds. The molecule has 1 aromatic heterocycles. The van der Waals surface area contributed by atoms with Crippen LogP contribution in [-0.2, 0) is 21.4 Å². The van der Waals surface area contributed by atoms with Gasteiger partial charge in [-0.05, 0) is 18.1 Å². The highest BCUT2D eigenvalue weighted by molar-refractivity contribution is 7.89. The van der Waals surface area contributed by atoms with Crippen LogP contribution in [-0.4, -0.2) is 66.2 Å². The average Bonchev–Trinajstić information content (AvgIpc) is 3.05. The van der Waals surface area contributed by atoms with Gasteiger partial charge in [-0.25, -0.2) is 13.4 Å². The first-order chi connectivity index (χ1) is 13.7. The van der Waals surface area contributed by atoms with Crippen LogP contribution in [0.2, 0.25) is 0 Å². The number of rotatable bonds is 5. The van der Waals surface area contributed by atoms with Crippen LogP contribution in [0.3, 0.4) is 0 Å². The third kappa shape index (κ3) is 3.90. The van der Waals surface area contributed by atoms with Gasteiger partial charge in [0.05, 0.1) is 24.5 Å². The van der Waals surface area contributed by atoms with Crippen molar-refractivity contribution in [3.8, 4) is 5.69 Å². The Morgan fingerprint density at radius 3 is 2.62 bits per heavy atom. The first-order valence-electron chi connectivity index (χ1n) is 9.28. The predicted octanol–water partition coefficient (Wildman–Crippen LogP) is 0.851. The van der Waals surface area contributed by atoms with Crippen molar-refractivity contribution in [3.63, 3.8) is 0 Å². The molecule has 2 aromatic rings. The molecule has 1 aliphatic rings. The molecule has 3 rings (SSSR count). The van der Waals surface area contributed by atoms with Gasteiger partial charge in [0.15, 0.2) is 5.69 Å². The lowest BCUT2D eigenvalue weighted by Gasteiger charge is -2.21. The van der Waals surface area contributed by atoms with E-state index >= 15 is 0 Å². The van der Waals surface area contributed by atoms with Crippen LogP contribution in [0.1, 0.15) is 30.0 Å². The molecule has 1 aliphatic heterocycles. The maximum absolute atomic E-state index is 13.2. The molecule has 0 fully saturated rings. The molecule has 0 unspecified atom stereocenters. The maximum Gasteiger partial charge on any atom is 0.274 e. The molecule has 0 saturated carbocycles. The third-order valence-electron chi connectivity index (χ3n) is 4.72. The molecule has 0 saturated heterocycles. The summed E-state index contributed by atoms with van der Waals surface area (Å²) in [6.45, 7) is 4.06. The van der Waals surface area contributed by atoms with E-state index in [2.05, 4.69) is 10.3 Å². The largest absolute Gasteiger partial charge is 0.358 e. The summed E-state index contributed by atoms with van der Waals surface area (Å²) in [5.74, 6) is -0.455. The first kappa shape index (κ1) is 21.0. The quantitative estimate of drug-likeness (QED) is 0.774. The molecule has 0 radical (unpaired) electrons. The van der Waals surface area contributed by atoms with Gasteiger partial charge in [-0.3, -0.25) is 14.2 Å². The van der Waals surface area contributed by atoms with Crippen LogP contribution < -0.4 is 5.32 Å². The lowest BCUT2D eigenvalue weighted by molar-refractivity contribution is -0.120. The van der Waals surface area contributed by atoms with E-state index in [1.54, 1.807) is 34.7 Å². The van der Waals surface area contributed by atoms with Crippen LogP contribution in [0.15, 0.2) is 35.5 Å². The number of sulfonamides is 1. The Morgan fingerprint density at radius 1 is 1.28 bits per heavy atom. The summed E-state index contributed by atoms with van der Waals surface area (Å²) < 4.78 is 29.1. The number of carbonyl (C=O) groups is 2. The van der Waals surface area contributed by atoms with Crippen molar-refractivity contribution in [2.24, 2.45) is 5.92 Å². The zero-order valence-electron chi connectivity index (χ0n) is 16.9. The van der Waals surface area contributed by atoms with E-state index in [1.165, 1.54) is 19.4 Å². The number of benzene rings is 1. The van der Waals surface area contributed by atoms with E-state index in [4.69, 9.17) is 0 Å². The molecule has 29 heavy (non-hydrogen) atoms. The highest BCUT2D eigenvalue weighted by Crippen LogP contribution is 2.31. The summed E-state index contributed by atoms with van der Waals surface area (Å²) in [7, 11) is -0.807. The normalized spacial score (nSPS) is 15.3. The number of fused-ring (bicyclic) bond motifs is 3. The van der Waals surface area contributed by atoms with Gasteiger partial charge in [0.25, 0.3) is 5.91 Å². The molecule has 0 aliphatic carbocycles. The number of nitrogens with one attached hydrogen (secondary N) is 1. The number of likely N-dealkylation sites (N-methyl/N-ethyl adjacent to an activating group) is 1. The zero-order valence-corrected chi connectivity index (χ0v) is 17.7. The second-order valence-corrected chi connectivity index (χ2v) is 9.31. The van der Waals surface area contributed by atoms with Crippen molar-refractivity contribution in [2.45, 2.75) is 25.3 Å². The van der Waals surface area contributed by atoms with Gasteiger partial charge in [-0.2, -0.15) is 4.31 Å². The number of amides is 2. The van der Waals surface area contributed by atoms with Crippen molar-refractivity contribution < 1.29 is 18.0 Å². The van der Waals surface area contributed by atoms with Crippen LogP contribution in [0, 0.1) is 5.92 Å². The lowest BCUT2D eigenvalue weighted by atomic mass is 10.2. The highest BCUT2D eigenvalue weighted by Gasteiger charge is 2.36. The van der Waals surface area contributed by atoms with Crippen molar-refractivity contribution >= 4 is 21.8 Å². The predicted molar refractivity (Wildman–Crippen MR) is 107 cm³/mol. The molecule has 1 aromatic carbocycles. The number of carbonyl (C=O) groups excluding carboxylic acids is 2. The van der Waals surface area contributed by atoms with Crippen molar-refractivity contribution in [2.75, 3.05) is 27.2 Å². The Labute approximate surface area is 170 Å². The van der Waals surface area contributed by atoms with Gasteiger partial charge in [0.1, 0.15) is 11.2 Å². The molecule has 0 atom stereocenters. The highest BCUT2D eigenvalue weighted by atomic mass is 32.2. The number of nitrogens with zero attached hydrogens (tertiary/aromatic N) is 4. The smallest absolute Gasteiger partial charge is 0.274 e. The number of imidazole rings is 1. The van der Waals surface area contributed by atoms with E-state index in [-0.39, 0.29) is 35.5 Å². The van der Waals surface area contributed by atoms with Gasteiger partial charge >= 0.3 is 0 Å². The summed E-state index contributed by atoms with van der Waals surface area (Å²) in [6, 6.07) is 6.49. The van der Waals surface area contributed by atoms with Crippen LogP contribution >= 0.6 is 0 Å². The van der Waals surface area contributed by atoms with Crippen molar-refractivity contribution in [1.82, 2.24) is 24.1 Å². The summed E-state index contributed by atoms with van der Waals surface area (Å²) in [6.07, 6.45) is 1.46. The summed E-state index contributed by atoms with van der Waals surface area (Å²) in [5.41, 5.74) is 1.02. The molecule has 1 N–H and O–H groups in total. The standard InChI is InChI=1S/C19H25N5O4S/c1-13(2)9-22(4)19(26)18-15-10-23(11-17(25)20-3)29(27,28)16-8-6-5-7-14(16)24(15)12-21-18/h5-8,12-13H,9-11H2,1-4H3,(H,20,25). The monoisotopic (exact) mass is 419 g/mol. The average molecular weight is 420 g/mol. The van der Waals surface area contributed by atoms with E-state index in [0.717, 1.165) is 4.31 Å². The fraction of sp³-hybridized carbons (Fsp3) is 0.421. The fourth-order valence-electron chi connectivity index (χ4n) is 3.37. The van der Waals surface area contributed by atoms with Gasteiger partial charge in [-0.15, -0.1) is 0 Å². The molecular formula is C19H25N5O4S. The molecule has 9 nitrogen and oxygen atoms in total. The van der Waals surface area contributed by atoms with Crippen LogP contribution in [0.4, 0.5) is 0 Å². The summed E-state index contributed by atoms with van der Waals surface area (Å²) >= 11 is 0. The second-order valence-electron chi connectivity index (χ2n) is 7.40. The van der Waals surface area contributed by atoms with Gasteiger partial charge < -0.3 is 10.2 Å². The van der Waals surface area contributed by atoms with Crippen LogP contribution in [0.5, 0.6) is 0 Å². The summed E-state index contributed by atoms with van der Waals surface area (Å²) in [5, 5.41) is 2.45. The molecule has 10 heteroatoms. The second kappa shape index (κ2) is 7.96. The van der Waals surface area contributed by atoms with Crippen LogP contribution in [0.25, 0.3) is 5.69 Å². The molecule has 2 heterocycles. The van der Waals surface area contributed by atoms with Crippen molar-refractivity contribution in [1.29, 1.82) is 0 Å². The Bertz CT molecular complexity index is 1040. The van der Waals surface area contributed by atoms with Gasteiger partial charge in [-0.1, -0.05) is 26.0 Å². The Hall–Kier alpha value is -2.72. The number of aromatic nitrogens is 2. The minimum atomic E-state index is -3.94. The van der Waals surface area contributed by atoms with E-state index < -0.39 is 15.9 Å². The van der Waals surface area contributed by atoms with Gasteiger partial charge in [0.2, 0.25) is 15.9 Å². The minimum absolute atomic E-state index is 0.0644. The minimum Gasteiger partial charge on any atom is -0.358 e. The van der Waals surface area contributed by atoms with E-state index in [1.807, 2.05) is 13.8 Å². The first-order valence-corrected chi connectivity index (χ1v) is 10.7. The van der Waals surface area contributed by atoms with E-state index in [0.29, 0.717) is 17.9 Å². The zero-order chi connectivity index (χ0) is 21.3. The Kier molecular flexibility index (Phi) is 5.76.